The van der Waals surface area contributed by atoms with E-state index in [2.05, 4.69) is 33.0 Å². The van der Waals surface area contributed by atoms with Crippen LogP contribution in [0.1, 0.15) is 59.3 Å². The van der Waals surface area contributed by atoms with Crippen LogP contribution in [0.25, 0.3) is 5.57 Å². The molecule has 3 N–H and O–H groups in total. The van der Waals surface area contributed by atoms with Gasteiger partial charge in [0.2, 0.25) is 0 Å². The molecule has 2 amide bonds. The summed E-state index contributed by atoms with van der Waals surface area (Å²) in [6.07, 6.45) is 5.60. The highest BCUT2D eigenvalue weighted by molar-refractivity contribution is 6.32. The summed E-state index contributed by atoms with van der Waals surface area (Å²) in [7, 11) is 1.62. The highest BCUT2D eigenvalue weighted by Gasteiger charge is 2.25. The Bertz CT molecular complexity index is 1330. The lowest BCUT2D eigenvalue weighted by Crippen LogP contribution is -2.29. The molecule has 2 aliphatic rings. The zero-order chi connectivity index (χ0) is 26.5. The largest absolute Gasteiger partial charge is 0.497 e. The van der Waals surface area contributed by atoms with Crippen molar-refractivity contribution < 1.29 is 14.3 Å². The number of nitrogens with zero attached hydrogens (tertiary/aromatic N) is 1. The number of amides is 2. The second-order valence-electron chi connectivity index (χ2n) is 9.92. The average molecular weight is 511 g/mol. The van der Waals surface area contributed by atoms with Gasteiger partial charge in [-0.2, -0.15) is 0 Å². The van der Waals surface area contributed by atoms with Crippen LogP contribution in [-0.4, -0.2) is 36.9 Å². The Kier molecular flexibility index (Phi) is 7.75. The van der Waals surface area contributed by atoms with Crippen molar-refractivity contribution >= 4 is 28.8 Å². The molecule has 0 aliphatic carbocycles. The number of piperidine rings is 1. The normalized spacial score (nSPS) is 17.0. The molecule has 38 heavy (non-hydrogen) atoms. The van der Waals surface area contributed by atoms with Gasteiger partial charge in [0.05, 0.1) is 18.7 Å². The maximum absolute atomic E-state index is 13.0. The maximum atomic E-state index is 13.0. The Labute approximate surface area is 223 Å². The zero-order valence-corrected chi connectivity index (χ0v) is 21.9. The van der Waals surface area contributed by atoms with Crippen LogP contribution in [0.5, 0.6) is 5.75 Å². The van der Waals surface area contributed by atoms with Crippen molar-refractivity contribution in [2.45, 2.75) is 38.8 Å². The number of methoxy groups -OCH3 is 1. The first-order valence-electron chi connectivity index (χ1n) is 13.2. The summed E-state index contributed by atoms with van der Waals surface area (Å²) in [4.78, 5) is 28.2. The Hall–Kier alpha value is -4.10. The Balaban J connectivity index is 1.25. The van der Waals surface area contributed by atoms with E-state index in [1.165, 1.54) is 37.9 Å². The van der Waals surface area contributed by atoms with Crippen LogP contribution in [0, 0.1) is 0 Å². The Morgan fingerprint density at radius 3 is 2.47 bits per heavy atom. The molecule has 7 nitrogen and oxygen atoms in total. The number of benzene rings is 3. The summed E-state index contributed by atoms with van der Waals surface area (Å²) < 4.78 is 5.21. The molecule has 0 saturated carbocycles. The van der Waals surface area contributed by atoms with Crippen LogP contribution in [-0.2, 0) is 11.3 Å². The number of carbonyl (C=O) groups is 2. The molecule has 196 valence electrons. The van der Waals surface area contributed by atoms with Gasteiger partial charge in [0.15, 0.2) is 0 Å². The monoisotopic (exact) mass is 510 g/mol. The first kappa shape index (κ1) is 25.5. The molecular weight excluding hydrogens is 476 g/mol. The lowest BCUT2D eigenvalue weighted by molar-refractivity contribution is -0.110. The predicted octanol–water partition coefficient (Wildman–Crippen LogP) is 5.58. The third-order valence-corrected chi connectivity index (χ3v) is 7.22. The van der Waals surface area contributed by atoms with Gasteiger partial charge in [-0.1, -0.05) is 30.7 Å². The smallest absolute Gasteiger partial charge is 0.257 e. The van der Waals surface area contributed by atoms with E-state index in [4.69, 9.17) is 4.74 Å². The van der Waals surface area contributed by atoms with Crippen LogP contribution in [0.15, 0.2) is 72.9 Å². The predicted molar refractivity (Wildman–Crippen MR) is 151 cm³/mol. The number of likely N-dealkylation sites (tertiary alicyclic amines) is 1. The summed E-state index contributed by atoms with van der Waals surface area (Å²) in [6, 6.07) is 21.0. The van der Waals surface area contributed by atoms with Crippen molar-refractivity contribution in [3.05, 3.63) is 95.2 Å². The number of rotatable bonds is 8. The molecule has 0 aromatic heterocycles. The standard InChI is InChI=1S/C31H34N4O3/c1-21(23-8-13-26(38-2)14-9-23)33-30(36)24-10-15-29-27(18-24)28(31(37)34-29)19-32-25-11-6-22(7-12-25)20-35-16-4-3-5-17-35/h6-15,18-19,21,32H,3-5,16-17,20H2,1-2H3,(H,33,36)(H,34,37)/t21-/m1/s1. The third kappa shape index (κ3) is 5.89. The molecule has 3 aromatic rings. The summed E-state index contributed by atoms with van der Waals surface area (Å²) in [5, 5.41) is 9.17. The Morgan fingerprint density at radius 2 is 1.76 bits per heavy atom. The van der Waals surface area contributed by atoms with E-state index in [1.54, 1.807) is 31.5 Å². The summed E-state index contributed by atoms with van der Waals surface area (Å²) in [5.41, 5.74) is 5.55. The summed E-state index contributed by atoms with van der Waals surface area (Å²) in [6.45, 7) is 5.24. The van der Waals surface area contributed by atoms with Crippen molar-refractivity contribution in [1.29, 1.82) is 0 Å². The SMILES string of the molecule is COc1ccc([C@@H](C)NC(=O)c2ccc3c(c2)C(=CNc2ccc(CN4CCCCC4)cc2)C(=O)N3)cc1. The molecular formula is C31H34N4O3. The van der Waals surface area contributed by atoms with E-state index >= 15 is 0 Å². The van der Waals surface area contributed by atoms with Gasteiger partial charge in [0, 0.05) is 35.2 Å². The van der Waals surface area contributed by atoms with E-state index in [0.717, 1.165) is 23.5 Å². The minimum absolute atomic E-state index is 0.184. The third-order valence-electron chi connectivity index (χ3n) is 7.22. The van der Waals surface area contributed by atoms with Crippen molar-refractivity contribution in [2.24, 2.45) is 0 Å². The van der Waals surface area contributed by atoms with Gasteiger partial charge >= 0.3 is 0 Å². The molecule has 0 radical (unpaired) electrons. The molecule has 0 unspecified atom stereocenters. The number of anilines is 2. The average Bonchev–Trinajstić information content (AvgIpc) is 3.27. The molecule has 3 aromatic carbocycles. The molecule has 0 bridgehead atoms. The van der Waals surface area contributed by atoms with Gasteiger partial charge < -0.3 is 20.7 Å². The minimum Gasteiger partial charge on any atom is -0.497 e. The first-order chi connectivity index (χ1) is 18.5. The number of hydrogen-bond acceptors (Lipinski definition) is 5. The molecule has 7 heteroatoms. The minimum atomic E-state index is -0.202. The van der Waals surface area contributed by atoms with E-state index in [1.807, 2.05) is 43.3 Å². The molecule has 2 heterocycles. The number of carbonyl (C=O) groups excluding carboxylic acids is 2. The van der Waals surface area contributed by atoms with Gasteiger partial charge in [0.1, 0.15) is 5.75 Å². The number of hydrogen-bond donors (Lipinski definition) is 3. The molecule has 0 spiro atoms. The van der Waals surface area contributed by atoms with E-state index < -0.39 is 0 Å². The number of fused-ring (bicyclic) bond motifs is 1. The zero-order valence-electron chi connectivity index (χ0n) is 21.9. The van der Waals surface area contributed by atoms with Crippen molar-refractivity contribution in [3.8, 4) is 5.75 Å². The number of nitrogens with one attached hydrogen (secondary N) is 3. The molecule has 2 aliphatic heterocycles. The lowest BCUT2D eigenvalue weighted by atomic mass is 10.0. The van der Waals surface area contributed by atoms with Crippen molar-refractivity contribution in [3.63, 3.8) is 0 Å². The van der Waals surface area contributed by atoms with Crippen LogP contribution >= 0.6 is 0 Å². The first-order valence-corrected chi connectivity index (χ1v) is 13.2. The molecule has 1 atom stereocenters. The van der Waals surface area contributed by atoms with Crippen LogP contribution in [0.2, 0.25) is 0 Å². The van der Waals surface area contributed by atoms with Crippen LogP contribution in [0.3, 0.4) is 0 Å². The van der Waals surface area contributed by atoms with Crippen LogP contribution < -0.4 is 20.7 Å². The van der Waals surface area contributed by atoms with Gasteiger partial charge in [-0.15, -0.1) is 0 Å². The second-order valence-corrected chi connectivity index (χ2v) is 9.92. The fourth-order valence-corrected chi connectivity index (χ4v) is 4.97. The molecule has 5 rings (SSSR count). The molecule has 1 saturated heterocycles. The summed E-state index contributed by atoms with van der Waals surface area (Å²) in [5.74, 6) is 0.370. The van der Waals surface area contributed by atoms with Gasteiger partial charge in [-0.3, -0.25) is 14.5 Å². The fourth-order valence-electron chi connectivity index (χ4n) is 4.97. The Morgan fingerprint density at radius 1 is 1.03 bits per heavy atom. The second kappa shape index (κ2) is 11.5. The van der Waals surface area contributed by atoms with Gasteiger partial charge in [-0.25, -0.2) is 0 Å². The van der Waals surface area contributed by atoms with Crippen LogP contribution in [0.4, 0.5) is 11.4 Å². The molecule has 1 fully saturated rings. The van der Waals surface area contributed by atoms with Gasteiger partial charge in [-0.05, 0) is 86.4 Å². The van der Waals surface area contributed by atoms with E-state index in [0.29, 0.717) is 22.4 Å². The topological polar surface area (TPSA) is 82.7 Å². The van der Waals surface area contributed by atoms with E-state index in [9.17, 15) is 9.59 Å². The number of ether oxygens (including phenoxy) is 1. The van der Waals surface area contributed by atoms with Crippen molar-refractivity contribution in [2.75, 3.05) is 30.8 Å². The lowest BCUT2D eigenvalue weighted by Gasteiger charge is -2.26. The van der Waals surface area contributed by atoms with Gasteiger partial charge in [0.25, 0.3) is 11.8 Å². The van der Waals surface area contributed by atoms with Crippen molar-refractivity contribution in [1.82, 2.24) is 10.2 Å². The highest BCUT2D eigenvalue weighted by atomic mass is 16.5. The highest BCUT2D eigenvalue weighted by Crippen LogP contribution is 2.33. The maximum Gasteiger partial charge on any atom is 0.257 e. The quantitative estimate of drug-likeness (QED) is 0.345. The summed E-state index contributed by atoms with van der Waals surface area (Å²) >= 11 is 0. The van der Waals surface area contributed by atoms with E-state index in [-0.39, 0.29) is 17.9 Å². The fraction of sp³-hybridized carbons (Fsp3) is 0.290.